The first-order valence-corrected chi connectivity index (χ1v) is 7.34. The lowest BCUT2D eigenvalue weighted by Gasteiger charge is -2.37. The molecule has 18 heavy (non-hydrogen) atoms. The molecular weight excluding hydrogens is 292 g/mol. The van der Waals surface area contributed by atoms with Crippen LogP contribution in [-0.4, -0.2) is 36.2 Å². The lowest BCUT2D eigenvalue weighted by Crippen LogP contribution is -2.40. The van der Waals surface area contributed by atoms with Gasteiger partial charge in [-0.2, -0.15) is 0 Å². The quantitative estimate of drug-likeness (QED) is 0.895. The first-order valence-electron chi connectivity index (χ1n) is 6.55. The molecule has 3 nitrogen and oxygen atoms in total. The average Bonchev–Trinajstić information content (AvgIpc) is 2.40. The normalized spacial score (nSPS) is 19.9. The summed E-state index contributed by atoms with van der Waals surface area (Å²) in [6.07, 6.45) is 2.14. The maximum atomic E-state index is 9.18. The Morgan fingerprint density at radius 2 is 2.11 bits per heavy atom. The van der Waals surface area contributed by atoms with Crippen molar-refractivity contribution in [3.05, 3.63) is 34.3 Å². The van der Waals surface area contributed by atoms with E-state index in [1.54, 1.807) is 0 Å². The third-order valence-corrected chi connectivity index (χ3v) is 4.30. The summed E-state index contributed by atoms with van der Waals surface area (Å²) in [5, 5.41) is 9.18. The predicted octanol–water partition coefficient (Wildman–Crippen LogP) is 2.15. The Kier molecular flexibility index (Phi) is 5.18. The number of piperidine rings is 1. The number of nitrogens with two attached hydrogens (primary N) is 1. The Labute approximate surface area is 117 Å². The highest BCUT2D eigenvalue weighted by Crippen LogP contribution is 2.27. The Hall–Kier alpha value is -0.420. The molecule has 1 saturated heterocycles. The zero-order chi connectivity index (χ0) is 13.0. The summed E-state index contributed by atoms with van der Waals surface area (Å²) in [7, 11) is 0. The van der Waals surface area contributed by atoms with Crippen molar-refractivity contribution in [3.8, 4) is 0 Å². The van der Waals surface area contributed by atoms with Crippen molar-refractivity contribution in [1.29, 1.82) is 0 Å². The molecule has 0 amide bonds. The second kappa shape index (κ2) is 6.66. The summed E-state index contributed by atoms with van der Waals surface area (Å²) in [5.41, 5.74) is 7.22. The summed E-state index contributed by atoms with van der Waals surface area (Å²) in [5.74, 6) is 0.474. The predicted molar refractivity (Wildman–Crippen MR) is 77.3 cm³/mol. The van der Waals surface area contributed by atoms with E-state index >= 15 is 0 Å². The van der Waals surface area contributed by atoms with Gasteiger partial charge in [-0.15, -0.1) is 0 Å². The first kappa shape index (κ1) is 14.0. The molecule has 4 heteroatoms. The van der Waals surface area contributed by atoms with Crippen LogP contribution in [0.1, 0.15) is 24.4 Å². The second-order valence-corrected chi connectivity index (χ2v) is 5.88. The zero-order valence-corrected chi connectivity index (χ0v) is 12.1. The van der Waals surface area contributed by atoms with E-state index in [0.717, 1.165) is 30.4 Å². The summed E-state index contributed by atoms with van der Waals surface area (Å²) >= 11 is 3.51. The first-order chi connectivity index (χ1) is 8.74. The van der Waals surface area contributed by atoms with Crippen LogP contribution in [0.3, 0.4) is 0 Å². The Balaban J connectivity index is 2.05. The Morgan fingerprint density at radius 3 is 2.67 bits per heavy atom. The molecule has 1 atom stereocenters. The van der Waals surface area contributed by atoms with Crippen molar-refractivity contribution in [2.45, 2.75) is 18.9 Å². The molecule has 1 aromatic rings. The standard InChI is InChI=1S/C14H21BrN2O/c15-13-3-1-2-12(8-13)14(9-16)17-6-4-11(10-18)5-7-17/h1-3,8,11,14,18H,4-7,9-10,16H2. The smallest absolute Gasteiger partial charge is 0.0470 e. The molecule has 1 aromatic carbocycles. The fraction of sp³-hybridized carbons (Fsp3) is 0.571. The largest absolute Gasteiger partial charge is 0.396 e. The van der Waals surface area contributed by atoms with E-state index in [9.17, 15) is 5.11 Å². The number of hydrogen-bond acceptors (Lipinski definition) is 3. The third-order valence-electron chi connectivity index (χ3n) is 3.80. The lowest BCUT2D eigenvalue weighted by atomic mass is 9.95. The molecule has 1 fully saturated rings. The van der Waals surface area contributed by atoms with Crippen LogP contribution in [0.25, 0.3) is 0 Å². The Morgan fingerprint density at radius 1 is 1.39 bits per heavy atom. The van der Waals surface area contributed by atoms with E-state index in [2.05, 4.69) is 39.0 Å². The van der Waals surface area contributed by atoms with Crippen LogP contribution in [0.15, 0.2) is 28.7 Å². The molecule has 0 bridgehead atoms. The van der Waals surface area contributed by atoms with Gasteiger partial charge < -0.3 is 10.8 Å². The topological polar surface area (TPSA) is 49.5 Å². The second-order valence-electron chi connectivity index (χ2n) is 4.97. The van der Waals surface area contributed by atoms with Crippen LogP contribution in [0.5, 0.6) is 0 Å². The molecular formula is C14H21BrN2O. The van der Waals surface area contributed by atoms with Crippen LogP contribution >= 0.6 is 15.9 Å². The summed E-state index contributed by atoms with van der Waals surface area (Å²) < 4.78 is 1.10. The van der Waals surface area contributed by atoms with Crippen molar-refractivity contribution in [2.75, 3.05) is 26.2 Å². The number of hydrogen-bond donors (Lipinski definition) is 2. The van der Waals surface area contributed by atoms with Crippen LogP contribution in [0, 0.1) is 5.92 Å². The van der Waals surface area contributed by atoms with E-state index in [1.165, 1.54) is 5.56 Å². The number of rotatable bonds is 4. The maximum absolute atomic E-state index is 9.18. The van der Waals surface area contributed by atoms with Gasteiger partial charge in [-0.25, -0.2) is 0 Å². The molecule has 100 valence electrons. The highest BCUT2D eigenvalue weighted by molar-refractivity contribution is 9.10. The number of aliphatic hydroxyl groups is 1. The average molecular weight is 313 g/mol. The summed E-state index contributed by atoms with van der Waals surface area (Å²) in [6, 6.07) is 8.68. The number of halogens is 1. The number of benzene rings is 1. The van der Waals surface area contributed by atoms with E-state index in [0.29, 0.717) is 25.1 Å². The van der Waals surface area contributed by atoms with Crippen molar-refractivity contribution in [3.63, 3.8) is 0 Å². The fourth-order valence-electron chi connectivity index (χ4n) is 2.66. The molecule has 0 spiro atoms. The van der Waals surface area contributed by atoms with Crippen molar-refractivity contribution in [2.24, 2.45) is 11.7 Å². The third kappa shape index (κ3) is 3.32. The minimum Gasteiger partial charge on any atom is -0.396 e. The molecule has 3 N–H and O–H groups in total. The van der Waals surface area contributed by atoms with Gasteiger partial charge in [-0.3, -0.25) is 4.90 Å². The monoisotopic (exact) mass is 312 g/mol. The Bertz CT molecular complexity index is 378. The molecule has 2 rings (SSSR count). The molecule has 1 aliphatic heterocycles. The van der Waals surface area contributed by atoms with Crippen molar-refractivity contribution < 1.29 is 5.11 Å². The minimum absolute atomic E-state index is 0.294. The molecule has 0 radical (unpaired) electrons. The van der Waals surface area contributed by atoms with Gasteiger partial charge in [0.15, 0.2) is 0 Å². The summed E-state index contributed by atoms with van der Waals surface area (Å²) in [4.78, 5) is 2.44. The number of likely N-dealkylation sites (tertiary alicyclic amines) is 1. The van der Waals surface area contributed by atoms with Crippen LogP contribution in [-0.2, 0) is 0 Å². The highest BCUT2D eigenvalue weighted by atomic mass is 79.9. The SMILES string of the molecule is NCC(c1cccc(Br)c1)N1CCC(CO)CC1. The van der Waals surface area contributed by atoms with Gasteiger partial charge in [0.05, 0.1) is 0 Å². The zero-order valence-electron chi connectivity index (χ0n) is 10.6. The van der Waals surface area contributed by atoms with Crippen LogP contribution < -0.4 is 5.73 Å². The minimum atomic E-state index is 0.294. The van der Waals surface area contributed by atoms with Gasteiger partial charge >= 0.3 is 0 Å². The van der Waals surface area contributed by atoms with E-state index in [4.69, 9.17) is 5.73 Å². The van der Waals surface area contributed by atoms with Gasteiger partial charge in [0.2, 0.25) is 0 Å². The highest BCUT2D eigenvalue weighted by Gasteiger charge is 2.24. The lowest BCUT2D eigenvalue weighted by molar-refractivity contribution is 0.102. The van der Waals surface area contributed by atoms with Crippen LogP contribution in [0.4, 0.5) is 0 Å². The van der Waals surface area contributed by atoms with Gasteiger partial charge in [-0.1, -0.05) is 28.1 Å². The molecule has 0 saturated carbocycles. The van der Waals surface area contributed by atoms with E-state index in [1.807, 2.05) is 6.07 Å². The van der Waals surface area contributed by atoms with Gasteiger partial charge in [0.25, 0.3) is 0 Å². The van der Waals surface area contributed by atoms with Gasteiger partial charge in [0.1, 0.15) is 0 Å². The number of aliphatic hydroxyl groups excluding tert-OH is 1. The van der Waals surface area contributed by atoms with Gasteiger partial charge in [0, 0.05) is 23.7 Å². The van der Waals surface area contributed by atoms with E-state index in [-0.39, 0.29) is 0 Å². The molecule has 1 heterocycles. The molecule has 0 aromatic heterocycles. The number of nitrogens with zero attached hydrogens (tertiary/aromatic N) is 1. The van der Waals surface area contributed by atoms with Crippen molar-refractivity contribution >= 4 is 15.9 Å². The molecule has 0 aliphatic carbocycles. The fourth-order valence-corrected chi connectivity index (χ4v) is 3.07. The molecule has 1 aliphatic rings. The summed E-state index contributed by atoms with van der Waals surface area (Å²) in [6.45, 7) is 3.01. The van der Waals surface area contributed by atoms with Crippen LogP contribution in [0.2, 0.25) is 0 Å². The molecule has 1 unspecified atom stereocenters. The van der Waals surface area contributed by atoms with E-state index < -0.39 is 0 Å². The van der Waals surface area contributed by atoms with Crippen molar-refractivity contribution in [1.82, 2.24) is 4.90 Å². The maximum Gasteiger partial charge on any atom is 0.0470 e. The van der Waals surface area contributed by atoms with Gasteiger partial charge in [-0.05, 0) is 49.5 Å².